The van der Waals surface area contributed by atoms with Crippen molar-refractivity contribution in [3.05, 3.63) is 41.3 Å². The number of rotatable bonds is 5. The summed E-state index contributed by atoms with van der Waals surface area (Å²) in [6.45, 7) is 4.02. The summed E-state index contributed by atoms with van der Waals surface area (Å²) in [6.07, 6.45) is 4.48. The molecule has 2 rings (SSSR count). The summed E-state index contributed by atoms with van der Waals surface area (Å²) in [4.78, 5) is 14.2. The first-order chi connectivity index (χ1) is 8.75. The van der Waals surface area contributed by atoms with E-state index in [0.29, 0.717) is 10.6 Å². The Balaban J connectivity index is 1.66. The molecule has 1 heterocycles. The molecule has 1 aromatic carbocycles. The van der Waals surface area contributed by atoms with Crippen molar-refractivity contribution in [1.82, 2.24) is 10.2 Å². The number of halogens is 1. The lowest BCUT2D eigenvalue weighted by Crippen LogP contribution is -2.28. The Bertz CT molecular complexity index is 385. The average molecular weight is 266 g/mol. The minimum Gasteiger partial charge on any atom is -0.352 e. The van der Waals surface area contributed by atoms with Gasteiger partial charge in [-0.05, 0) is 56.6 Å². The van der Waals surface area contributed by atoms with Gasteiger partial charge in [-0.15, -0.1) is 0 Å². The molecular formula is C14H18ClN2O. The van der Waals surface area contributed by atoms with Crippen LogP contribution >= 0.6 is 11.6 Å². The highest BCUT2D eigenvalue weighted by molar-refractivity contribution is 6.30. The predicted molar refractivity (Wildman–Crippen MR) is 73.8 cm³/mol. The largest absolute Gasteiger partial charge is 0.352 e. The van der Waals surface area contributed by atoms with E-state index in [9.17, 15) is 4.79 Å². The van der Waals surface area contributed by atoms with Crippen molar-refractivity contribution in [3.8, 4) is 0 Å². The van der Waals surface area contributed by atoms with Gasteiger partial charge in [0.1, 0.15) is 0 Å². The van der Waals surface area contributed by atoms with Crippen molar-refractivity contribution >= 4 is 17.5 Å². The SMILES string of the molecule is O=C(NCCCN1C[CH]CC1)c1ccc(Cl)cc1. The van der Waals surface area contributed by atoms with E-state index in [1.54, 1.807) is 24.3 Å². The maximum absolute atomic E-state index is 11.8. The van der Waals surface area contributed by atoms with E-state index in [1.165, 1.54) is 6.42 Å². The maximum atomic E-state index is 11.8. The Kier molecular flexibility index (Phi) is 5.02. The van der Waals surface area contributed by atoms with Crippen LogP contribution in [0.1, 0.15) is 23.2 Å². The van der Waals surface area contributed by atoms with Crippen LogP contribution in [-0.2, 0) is 0 Å². The standard InChI is InChI=1S/C14H18ClN2O/c15-13-6-4-12(5-7-13)14(18)16-8-3-11-17-9-1-2-10-17/h1,4-7H,2-3,8-11H2,(H,16,18). The summed E-state index contributed by atoms with van der Waals surface area (Å²) in [5.41, 5.74) is 0.661. The number of hydrogen-bond donors (Lipinski definition) is 1. The molecule has 0 spiro atoms. The molecule has 1 saturated heterocycles. The molecule has 1 amide bonds. The van der Waals surface area contributed by atoms with Crippen LogP contribution in [0.5, 0.6) is 0 Å². The van der Waals surface area contributed by atoms with Crippen molar-refractivity contribution in [2.45, 2.75) is 12.8 Å². The van der Waals surface area contributed by atoms with Crippen LogP contribution in [-0.4, -0.2) is 37.0 Å². The molecular weight excluding hydrogens is 248 g/mol. The second-order valence-corrected chi connectivity index (χ2v) is 4.93. The molecule has 0 saturated carbocycles. The van der Waals surface area contributed by atoms with Crippen LogP contribution < -0.4 is 5.32 Å². The van der Waals surface area contributed by atoms with Gasteiger partial charge >= 0.3 is 0 Å². The smallest absolute Gasteiger partial charge is 0.251 e. The summed E-state index contributed by atoms with van der Waals surface area (Å²) in [5.74, 6) is -0.0281. The average Bonchev–Trinajstić information content (AvgIpc) is 2.88. The lowest BCUT2D eigenvalue weighted by atomic mass is 10.2. The van der Waals surface area contributed by atoms with Gasteiger partial charge in [-0.3, -0.25) is 4.79 Å². The molecule has 0 atom stereocenters. The van der Waals surface area contributed by atoms with Gasteiger partial charge < -0.3 is 10.2 Å². The zero-order valence-corrected chi connectivity index (χ0v) is 11.1. The number of nitrogens with one attached hydrogen (secondary N) is 1. The van der Waals surface area contributed by atoms with E-state index in [2.05, 4.69) is 16.6 Å². The molecule has 1 aromatic rings. The lowest BCUT2D eigenvalue weighted by molar-refractivity contribution is 0.0952. The monoisotopic (exact) mass is 265 g/mol. The quantitative estimate of drug-likeness (QED) is 0.829. The van der Waals surface area contributed by atoms with Crippen molar-refractivity contribution < 1.29 is 4.79 Å². The second-order valence-electron chi connectivity index (χ2n) is 4.49. The Morgan fingerprint density at radius 1 is 1.33 bits per heavy atom. The third kappa shape index (κ3) is 4.00. The van der Waals surface area contributed by atoms with Gasteiger partial charge in [0, 0.05) is 23.7 Å². The van der Waals surface area contributed by atoms with Gasteiger partial charge in [0.05, 0.1) is 0 Å². The van der Waals surface area contributed by atoms with Crippen molar-refractivity contribution in [1.29, 1.82) is 0 Å². The van der Waals surface area contributed by atoms with Crippen LogP contribution in [0.2, 0.25) is 5.02 Å². The lowest BCUT2D eigenvalue weighted by Gasteiger charge is -2.14. The van der Waals surface area contributed by atoms with Gasteiger partial charge in [-0.25, -0.2) is 0 Å². The van der Waals surface area contributed by atoms with Crippen LogP contribution in [0.25, 0.3) is 0 Å². The zero-order chi connectivity index (χ0) is 12.8. The molecule has 97 valence electrons. The summed E-state index contributed by atoms with van der Waals surface area (Å²) in [7, 11) is 0. The molecule has 1 N–H and O–H groups in total. The highest BCUT2D eigenvalue weighted by atomic mass is 35.5. The molecule has 18 heavy (non-hydrogen) atoms. The van der Waals surface area contributed by atoms with Crippen molar-refractivity contribution in [2.75, 3.05) is 26.2 Å². The van der Waals surface area contributed by atoms with Crippen LogP contribution in [0.15, 0.2) is 24.3 Å². The normalized spacial score (nSPS) is 15.8. The van der Waals surface area contributed by atoms with Gasteiger partial charge in [-0.2, -0.15) is 0 Å². The summed E-state index contributed by atoms with van der Waals surface area (Å²) < 4.78 is 0. The fraction of sp³-hybridized carbons (Fsp3) is 0.429. The summed E-state index contributed by atoms with van der Waals surface area (Å²) in [6, 6.07) is 6.95. The molecule has 1 aliphatic rings. The molecule has 1 aliphatic heterocycles. The number of amides is 1. The number of carbonyl (C=O) groups is 1. The minimum absolute atomic E-state index is 0.0281. The first kappa shape index (κ1) is 13.4. The van der Waals surface area contributed by atoms with Crippen LogP contribution in [0, 0.1) is 6.42 Å². The number of likely N-dealkylation sites (tertiary alicyclic amines) is 1. The van der Waals surface area contributed by atoms with Gasteiger partial charge in [0.15, 0.2) is 0 Å². The van der Waals surface area contributed by atoms with Gasteiger partial charge in [-0.1, -0.05) is 11.6 Å². The number of hydrogen-bond acceptors (Lipinski definition) is 2. The van der Waals surface area contributed by atoms with E-state index in [0.717, 1.165) is 32.6 Å². The number of carbonyl (C=O) groups excluding carboxylic acids is 1. The maximum Gasteiger partial charge on any atom is 0.251 e. The zero-order valence-electron chi connectivity index (χ0n) is 10.4. The Morgan fingerprint density at radius 2 is 2.11 bits per heavy atom. The third-order valence-electron chi connectivity index (χ3n) is 3.08. The van der Waals surface area contributed by atoms with E-state index in [-0.39, 0.29) is 5.91 Å². The molecule has 3 nitrogen and oxygen atoms in total. The highest BCUT2D eigenvalue weighted by Crippen LogP contribution is 2.09. The second kappa shape index (κ2) is 6.76. The fourth-order valence-electron chi connectivity index (χ4n) is 2.05. The van der Waals surface area contributed by atoms with Gasteiger partial charge in [0.25, 0.3) is 5.91 Å². The van der Waals surface area contributed by atoms with E-state index >= 15 is 0 Å². The predicted octanol–water partition coefficient (Wildman–Crippen LogP) is 2.37. The Labute approximate surface area is 113 Å². The number of benzene rings is 1. The van der Waals surface area contributed by atoms with E-state index < -0.39 is 0 Å². The molecule has 0 bridgehead atoms. The fourth-order valence-corrected chi connectivity index (χ4v) is 2.18. The third-order valence-corrected chi connectivity index (χ3v) is 3.33. The molecule has 0 aliphatic carbocycles. The summed E-state index contributed by atoms with van der Waals surface area (Å²) >= 11 is 5.78. The Hall–Kier alpha value is -1.06. The Morgan fingerprint density at radius 3 is 2.78 bits per heavy atom. The summed E-state index contributed by atoms with van der Waals surface area (Å²) in [5, 5.41) is 3.57. The molecule has 0 aromatic heterocycles. The topological polar surface area (TPSA) is 32.3 Å². The van der Waals surface area contributed by atoms with Crippen LogP contribution in [0.3, 0.4) is 0 Å². The minimum atomic E-state index is -0.0281. The van der Waals surface area contributed by atoms with E-state index in [4.69, 9.17) is 11.6 Å². The first-order valence-corrected chi connectivity index (χ1v) is 6.71. The number of nitrogens with zero attached hydrogens (tertiary/aromatic N) is 1. The molecule has 4 heteroatoms. The van der Waals surface area contributed by atoms with Gasteiger partial charge in [0.2, 0.25) is 0 Å². The molecule has 1 radical (unpaired) electrons. The highest BCUT2D eigenvalue weighted by Gasteiger charge is 2.11. The van der Waals surface area contributed by atoms with Crippen LogP contribution in [0.4, 0.5) is 0 Å². The van der Waals surface area contributed by atoms with Crippen molar-refractivity contribution in [2.24, 2.45) is 0 Å². The first-order valence-electron chi connectivity index (χ1n) is 6.33. The molecule has 1 fully saturated rings. The van der Waals surface area contributed by atoms with E-state index in [1.807, 2.05) is 0 Å². The van der Waals surface area contributed by atoms with Crippen molar-refractivity contribution in [3.63, 3.8) is 0 Å². The molecule has 0 unspecified atom stereocenters.